The number of rotatable bonds is 2. The summed E-state index contributed by atoms with van der Waals surface area (Å²) in [5.74, 6) is 0. The van der Waals surface area contributed by atoms with Crippen LogP contribution in [0.15, 0.2) is 6.20 Å². The number of carbonyl (C=O) groups is 1. The first-order valence-electron chi connectivity index (χ1n) is 3.37. The van der Waals surface area contributed by atoms with Crippen molar-refractivity contribution >= 4 is 34.1 Å². The van der Waals surface area contributed by atoms with Crippen LogP contribution in [0.3, 0.4) is 0 Å². The highest BCUT2D eigenvalue weighted by atomic mass is 35.5. The molecule has 0 aromatic carbocycles. The number of aromatic nitrogens is 1. The summed E-state index contributed by atoms with van der Waals surface area (Å²) in [6, 6.07) is 0. The molecule has 76 valence electrons. The first-order chi connectivity index (χ1) is 6.45. The van der Waals surface area contributed by atoms with Gasteiger partial charge in [-0.15, -0.1) is 0 Å². The van der Waals surface area contributed by atoms with E-state index in [9.17, 15) is 13.6 Å². The lowest BCUT2D eigenvalue weighted by Crippen LogP contribution is -2.05. The average Bonchev–Trinajstić information content (AvgIpc) is 2.08. The second kappa shape index (κ2) is 4.06. The number of alkyl halides is 2. The zero-order valence-corrected chi connectivity index (χ0v) is 8.11. The molecule has 1 rings (SSSR count). The molecule has 0 atom stereocenters. The van der Waals surface area contributed by atoms with E-state index in [4.69, 9.17) is 28.9 Å². The van der Waals surface area contributed by atoms with Crippen molar-refractivity contribution in [2.75, 3.05) is 5.73 Å². The highest BCUT2D eigenvalue weighted by molar-refractivity contribution is 6.67. The molecule has 0 saturated heterocycles. The Labute approximate surface area is 87.8 Å². The van der Waals surface area contributed by atoms with E-state index in [-0.39, 0.29) is 10.7 Å². The van der Waals surface area contributed by atoms with E-state index in [0.717, 1.165) is 6.20 Å². The molecule has 3 nitrogen and oxygen atoms in total. The van der Waals surface area contributed by atoms with Crippen molar-refractivity contribution in [1.82, 2.24) is 4.98 Å². The van der Waals surface area contributed by atoms with E-state index in [1.807, 2.05) is 0 Å². The predicted octanol–water partition coefficient (Wildman–Crippen LogP) is 2.63. The second-order valence-electron chi connectivity index (χ2n) is 2.36. The van der Waals surface area contributed by atoms with Crippen LogP contribution in [0.25, 0.3) is 0 Å². The summed E-state index contributed by atoms with van der Waals surface area (Å²) in [5, 5.41) is -1.48. The number of halogens is 4. The Morgan fingerprint density at radius 2 is 2.14 bits per heavy atom. The fourth-order valence-corrected chi connectivity index (χ4v) is 1.25. The van der Waals surface area contributed by atoms with Crippen LogP contribution in [-0.4, -0.2) is 10.2 Å². The third-order valence-corrected chi connectivity index (χ3v) is 2.08. The topological polar surface area (TPSA) is 56.0 Å². The van der Waals surface area contributed by atoms with Gasteiger partial charge in [0.1, 0.15) is 5.69 Å². The van der Waals surface area contributed by atoms with Crippen molar-refractivity contribution in [3.63, 3.8) is 0 Å². The van der Waals surface area contributed by atoms with Gasteiger partial charge in [-0.05, 0) is 11.6 Å². The average molecular weight is 241 g/mol. The van der Waals surface area contributed by atoms with E-state index in [1.165, 1.54) is 0 Å². The van der Waals surface area contributed by atoms with Crippen LogP contribution in [0.1, 0.15) is 22.5 Å². The van der Waals surface area contributed by atoms with Crippen LogP contribution in [0, 0.1) is 0 Å². The molecule has 0 aliphatic carbocycles. The third kappa shape index (κ3) is 1.93. The van der Waals surface area contributed by atoms with Crippen LogP contribution < -0.4 is 5.73 Å². The normalized spacial score (nSPS) is 10.6. The highest BCUT2D eigenvalue weighted by Gasteiger charge is 2.23. The van der Waals surface area contributed by atoms with E-state index < -0.39 is 22.9 Å². The van der Waals surface area contributed by atoms with Gasteiger partial charge in [-0.25, -0.2) is 13.8 Å². The molecular formula is C7H4Cl2F2N2O. The molecule has 0 spiro atoms. The van der Waals surface area contributed by atoms with Crippen LogP contribution in [0.2, 0.25) is 5.02 Å². The first-order valence-corrected chi connectivity index (χ1v) is 4.12. The van der Waals surface area contributed by atoms with Crippen LogP contribution in [0.5, 0.6) is 0 Å². The lowest BCUT2D eigenvalue weighted by molar-refractivity contribution is 0.106. The molecule has 1 aromatic heterocycles. The maximum Gasteiger partial charge on any atom is 0.271 e. The molecule has 0 aliphatic rings. The Morgan fingerprint density at radius 1 is 1.57 bits per heavy atom. The fraction of sp³-hybridized carbons (Fsp3) is 0.143. The monoisotopic (exact) mass is 240 g/mol. The molecule has 1 aromatic rings. The summed E-state index contributed by atoms with van der Waals surface area (Å²) in [5.41, 5.74) is 3.83. The van der Waals surface area contributed by atoms with Gasteiger partial charge in [-0.3, -0.25) is 4.79 Å². The van der Waals surface area contributed by atoms with Gasteiger partial charge < -0.3 is 5.73 Å². The minimum atomic E-state index is -2.95. The lowest BCUT2D eigenvalue weighted by Gasteiger charge is -2.08. The molecule has 2 N–H and O–H groups in total. The summed E-state index contributed by atoms with van der Waals surface area (Å²) in [6.07, 6.45) is -1.94. The molecule has 0 amide bonds. The fourth-order valence-electron chi connectivity index (χ4n) is 0.876. The largest absolute Gasteiger partial charge is 0.396 e. The summed E-state index contributed by atoms with van der Waals surface area (Å²) in [4.78, 5) is 14.1. The predicted molar refractivity (Wildman–Crippen MR) is 48.8 cm³/mol. The summed E-state index contributed by atoms with van der Waals surface area (Å²) >= 11 is 10.5. The minimum absolute atomic E-state index is 0.122. The van der Waals surface area contributed by atoms with Crippen molar-refractivity contribution in [3.8, 4) is 0 Å². The van der Waals surface area contributed by atoms with Crippen LogP contribution in [0.4, 0.5) is 14.5 Å². The molecule has 7 heteroatoms. The Bertz CT molecular complexity index is 384. The van der Waals surface area contributed by atoms with Crippen LogP contribution in [-0.2, 0) is 0 Å². The number of nitrogens with zero attached hydrogens (tertiary/aromatic N) is 1. The van der Waals surface area contributed by atoms with Crippen molar-refractivity contribution in [2.45, 2.75) is 6.43 Å². The number of anilines is 1. The number of hydrogen-bond acceptors (Lipinski definition) is 3. The Balaban J connectivity index is 3.45. The highest BCUT2D eigenvalue weighted by Crippen LogP contribution is 2.33. The van der Waals surface area contributed by atoms with Crippen molar-refractivity contribution in [1.29, 1.82) is 0 Å². The molecule has 0 saturated carbocycles. The quantitative estimate of drug-likeness (QED) is 0.809. The lowest BCUT2D eigenvalue weighted by atomic mass is 10.2. The Hall–Kier alpha value is -0.940. The molecule has 14 heavy (non-hydrogen) atoms. The number of nitrogens with two attached hydrogens (primary N) is 1. The van der Waals surface area contributed by atoms with Gasteiger partial charge in [0.2, 0.25) is 0 Å². The van der Waals surface area contributed by atoms with E-state index in [0.29, 0.717) is 0 Å². The standard InChI is InChI=1S/C7H4Cl2F2N2O/c8-4-2(12)1-13-5(6(9)14)3(4)7(10)11/h1,7H,12H2. The third-order valence-electron chi connectivity index (χ3n) is 1.48. The molecule has 0 aliphatic heterocycles. The molecule has 1 heterocycles. The van der Waals surface area contributed by atoms with Crippen LogP contribution >= 0.6 is 23.2 Å². The first kappa shape index (κ1) is 11.1. The van der Waals surface area contributed by atoms with Gasteiger partial charge in [-0.1, -0.05) is 11.6 Å². The van der Waals surface area contributed by atoms with Crippen molar-refractivity contribution < 1.29 is 13.6 Å². The molecule has 0 radical (unpaired) electrons. The smallest absolute Gasteiger partial charge is 0.271 e. The van der Waals surface area contributed by atoms with E-state index in [1.54, 1.807) is 0 Å². The summed E-state index contributed by atoms with van der Waals surface area (Å²) in [7, 11) is 0. The van der Waals surface area contributed by atoms with E-state index >= 15 is 0 Å². The van der Waals surface area contributed by atoms with Gasteiger partial charge in [-0.2, -0.15) is 0 Å². The SMILES string of the molecule is Nc1cnc(C(=O)Cl)c(C(F)F)c1Cl. The van der Waals surface area contributed by atoms with Gasteiger partial charge in [0.15, 0.2) is 0 Å². The van der Waals surface area contributed by atoms with Crippen molar-refractivity contribution in [3.05, 3.63) is 22.5 Å². The molecule has 0 unspecified atom stereocenters. The van der Waals surface area contributed by atoms with E-state index in [2.05, 4.69) is 4.98 Å². The zero-order valence-electron chi connectivity index (χ0n) is 6.60. The summed E-state index contributed by atoms with van der Waals surface area (Å²) < 4.78 is 24.9. The maximum atomic E-state index is 12.4. The molecule has 0 fully saturated rings. The number of pyridine rings is 1. The summed E-state index contributed by atoms with van der Waals surface area (Å²) in [6.45, 7) is 0. The number of carbonyl (C=O) groups excluding carboxylic acids is 1. The van der Waals surface area contributed by atoms with Gasteiger partial charge in [0.05, 0.1) is 22.5 Å². The number of hydrogen-bond donors (Lipinski definition) is 1. The maximum absolute atomic E-state index is 12.4. The second-order valence-corrected chi connectivity index (χ2v) is 3.09. The van der Waals surface area contributed by atoms with Gasteiger partial charge >= 0.3 is 0 Å². The van der Waals surface area contributed by atoms with Crippen molar-refractivity contribution in [2.24, 2.45) is 0 Å². The Morgan fingerprint density at radius 3 is 2.57 bits per heavy atom. The minimum Gasteiger partial charge on any atom is -0.396 e. The Kier molecular flexibility index (Phi) is 3.23. The number of nitrogen functional groups attached to an aromatic ring is 1. The zero-order chi connectivity index (χ0) is 10.9. The molecule has 0 bridgehead atoms. The van der Waals surface area contributed by atoms with Gasteiger partial charge in [0.25, 0.3) is 11.7 Å². The van der Waals surface area contributed by atoms with Gasteiger partial charge in [0, 0.05) is 0 Å². The molecular weight excluding hydrogens is 237 g/mol.